The van der Waals surface area contributed by atoms with E-state index in [9.17, 15) is 14.7 Å². The summed E-state index contributed by atoms with van der Waals surface area (Å²) in [5.74, 6) is 0.325. The van der Waals surface area contributed by atoms with Crippen molar-refractivity contribution in [3.63, 3.8) is 0 Å². The van der Waals surface area contributed by atoms with E-state index < -0.39 is 24.1 Å². The third kappa shape index (κ3) is 4.05. The number of ether oxygens (including phenoxy) is 1. The molecule has 1 saturated carbocycles. The fraction of sp³-hybridized carbons (Fsp3) is 0.519. The number of carbonyl (C=O) groups is 2. The zero-order valence-electron chi connectivity index (χ0n) is 24.0. The molecule has 1 aromatic heterocycles. The van der Waals surface area contributed by atoms with Crippen molar-refractivity contribution >= 4 is 34.9 Å². The molecule has 2 N–H and O–H groups in total. The van der Waals surface area contributed by atoms with Gasteiger partial charge in [0.1, 0.15) is 18.1 Å². The molecule has 2 amide bonds. The maximum atomic E-state index is 13.0. The van der Waals surface area contributed by atoms with Crippen LogP contribution in [0.2, 0.25) is 5.02 Å². The first-order chi connectivity index (χ1) is 18.7. The van der Waals surface area contributed by atoms with E-state index in [2.05, 4.69) is 10.3 Å². The summed E-state index contributed by atoms with van der Waals surface area (Å²) in [5.41, 5.74) is 0.568. The molecular weight excluding hydrogens is 480 g/mol. The van der Waals surface area contributed by atoms with Gasteiger partial charge in [-0.15, -0.1) is 0 Å². The van der Waals surface area contributed by atoms with Crippen LogP contribution in [0.5, 0.6) is 5.75 Å². The lowest BCUT2D eigenvalue weighted by molar-refractivity contribution is -0.123. The molecule has 2 fully saturated rings. The third-order valence-corrected chi connectivity index (χ3v) is 8.14. The van der Waals surface area contributed by atoms with Crippen LogP contribution in [-0.2, 0) is 21.4 Å². The number of carbonyl (C=O) groups excluding carboxylic acids is 2. The minimum atomic E-state index is -2.75. The summed E-state index contributed by atoms with van der Waals surface area (Å²) in [4.78, 5) is 33.0. The Morgan fingerprint density at radius 1 is 1.25 bits per heavy atom. The standard InChI is InChI=1S/C27H31ClN4O4/c1-26(35)14-19(15-26)32-23(33)5-2-17-12-20(16-29-24(17)32)36-11-10-31-8-6-27(7-9-31)21-13-18(28)3-4-22(21)30-25(27)34/h3-4,12-13,16,19,35H,2,5-11,14-15H2,1H3,(H,30,34)/i10D2,11D2. The van der Waals surface area contributed by atoms with E-state index in [1.807, 2.05) is 0 Å². The largest absolute Gasteiger partial charge is 0.491 e. The molecular formula is C27H31ClN4O4. The van der Waals surface area contributed by atoms with E-state index in [4.69, 9.17) is 21.8 Å². The predicted octanol–water partition coefficient (Wildman–Crippen LogP) is 3.29. The first-order valence-electron chi connectivity index (χ1n) is 14.3. The molecule has 3 aliphatic heterocycles. The number of anilines is 2. The average molecular weight is 515 g/mol. The van der Waals surface area contributed by atoms with E-state index in [0.717, 1.165) is 5.56 Å². The van der Waals surface area contributed by atoms with Crippen molar-refractivity contribution in [2.24, 2.45) is 0 Å². The lowest BCUT2D eigenvalue weighted by atomic mass is 9.73. The number of aromatic nitrogens is 1. The fourth-order valence-corrected chi connectivity index (χ4v) is 6.13. The molecule has 4 heterocycles. The van der Waals surface area contributed by atoms with E-state index >= 15 is 0 Å². The molecule has 0 radical (unpaired) electrons. The maximum Gasteiger partial charge on any atom is 0.235 e. The average Bonchev–Trinajstić information content (AvgIpc) is 3.13. The topological polar surface area (TPSA) is 95.0 Å². The number of piperidine rings is 1. The summed E-state index contributed by atoms with van der Waals surface area (Å²) in [5, 5.41) is 13.6. The Hall–Kier alpha value is -2.68. The highest BCUT2D eigenvalue weighted by atomic mass is 35.5. The Kier molecular flexibility index (Phi) is 4.70. The number of nitrogens with zero attached hydrogens (tertiary/aromatic N) is 3. The zero-order valence-corrected chi connectivity index (χ0v) is 20.8. The second-order valence-electron chi connectivity index (χ2n) is 10.5. The third-order valence-electron chi connectivity index (χ3n) is 7.91. The molecule has 0 unspecified atom stereocenters. The van der Waals surface area contributed by atoms with Gasteiger partial charge in [0.25, 0.3) is 0 Å². The number of halogens is 1. The monoisotopic (exact) mass is 514 g/mol. The van der Waals surface area contributed by atoms with Crippen molar-refractivity contribution in [3.05, 3.63) is 46.6 Å². The van der Waals surface area contributed by atoms with Crippen LogP contribution in [0.15, 0.2) is 30.5 Å². The number of hydrogen-bond acceptors (Lipinski definition) is 6. The summed E-state index contributed by atoms with van der Waals surface area (Å²) in [6, 6.07) is 6.71. The van der Waals surface area contributed by atoms with Gasteiger partial charge < -0.3 is 15.2 Å². The number of aliphatic hydroxyl groups is 1. The molecule has 6 rings (SSSR count). The van der Waals surface area contributed by atoms with E-state index in [-0.39, 0.29) is 43.1 Å². The van der Waals surface area contributed by atoms with Gasteiger partial charge in [0.15, 0.2) is 0 Å². The Balaban J connectivity index is 1.17. The summed E-state index contributed by atoms with van der Waals surface area (Å²) in [7, 11) is 0. The molecule has 0 bridgehead atoms. The molecule has 2 aromatic rings. The molecule has 1 saturated heterocycles. The van der Waals surface area contributed by atoms with Gasteiger partial charge in [-0.3, -0.25) is 19.4 Å². The summed E-state index contributed by atoms with van der Waals surface area (Å²) < 4.78 is 40.1. The number of hydrogen-bond donors (Lipinski definition) is 2. The molecule has 36 heavy (non-hydrogen) atoms. The van der Waals surface area contributed by atoms with Crippen molar-refractivity contribution in [2.45, 2.75) is 62.5 Å². The van der Waals surface area contributed by atoms with Crippen molar-refractivity contribution < 1.29 is 24.9 Å². The Morgan fingerprint density at radius 2 is 2.03 bits per heavy atom. The SMILES string of the molecule is [2H]C([2H])(Oc1cnc2c(c1)CCC(=O)N2C1CC(C)(O)C1)C([2H])([2H])N1CCC2(CC1)C(=O)Nc1ccc(Cl)cc12. The van der Waals surface area contributed by atoms with Gasteiger partial charge >= 0.3 is 0 Å². The van der Waals surface area contributed by atoms with Crippen LogP contribution < -0.4 is 15.0 Å². The van der Waals surface area contributed by atoms with Crippen molar-refractivity contribution in [3.8, 4) is 5.75 Å². The number of pyridine rings is 1. The molecule has 9 heteroatoms. The first kappa shape index (κ1) is 19.4. The van der Waals surface area contributed by atoms with Gasteiger partial charge in [0.05, 0.1) is 20.0 Å². The number of likely N-dealkylation sites (tertiary alicyclic amines) is 1. The second kappa shape index (κ2) is 8.71. The van der Waals surface area contributed by atoms with Crippen LogP contribution in [0.1, 0.15) is 55.6 Å². The van der Waals surface area contributed by atoms with E-state index in [1.54, 1.807) is 36.1 Å². The van der Waals surface area contributed by atoms with Crippen molar-refractivity contribution in [2.75, 3.05) is 36.4 Å². The number of nitrogens with one attached hydrogen (secondary N) is 1. The van der Waals surface area contributed by atoms with Crippen LogP contribution in [0.3, 0.4) is 0 Å². The van der Waals surface area contributed by atoms with E-state index in [0.29, 0.717) is 54.2 Å². The van der Waals surface area contributed by atoms with Gasteiger partial charge in [-0.2, -0.15) is 0 Å². The van der Waals surface area contributed by atoms with Gasteiger partial charge in [0, 0.05) is 32.4 Å². The summed E-state index contributed by atoms with van der Waals surface area (Å²) in [6.07, 6.45) is 3.51. The lowest BCUT2D eigenvalue weighted by Crippen LogP contribution is -2.57. The second-order valence-corrected chi connectivity index (χ2v) is 10.9. The maximum absolute atomic E-state index is 13.0. The van der Waals surface area contributed by atoms with Crippen molar-refractivity contribution in [1.82, 2.24) is 9.88 Å². The molecule has 1 aliphatic carbocycles. The summed E-state index contributed by atoms with van der Waals surface area (Å²) in [6.45, 7) is -3.25. The number of fused-ring (bicyclic) bond motifs is 3. The number of rotatable bonds is 5. The Morgan fingerprint density at radius 3 is 2.78 bits per heavy atom. The highest BCUT2D eigenvalue weighted by molar-refractivity contribution is 6.31. The zero-order chi connectivity index (χ0) is 28.7. The van der Waals surface area contributed by atoms with Crippen LogP contribution in [0.25, 0.3) is 0 Å². The highest BCUT2D eigenvalue weighted by Crippen LogP contribution is 2.46. The smallest absolute Gasteiger partial charge is 0.235 e. The van der Waals surface area contributed by atoms with Gasteiger partial charge in [-0.05, 0) is 87.5 Å². The molecule has 1 spiro atoms. The predicted molar refractivity (Wildman–Crippen MR) is 137 cm³/mol. The molecule has 4 aliphatic rings. The quantitative estimate of drug-likeness (QED) is 0.636. The minimum absolute atomic E-state index is 0.0646. The van der Waals surface area contributed by atoms with Gasteiger partial charge in [-0.25, -0.2) is 4.98 Å². The molecule has 8 nitrogen and oxygen atoms in total. The summed E-state index contributed by atoms with van der Waals surface area (Å²) >= 11 is 6.20. The van der Waals surface area contributed by atoms with Crippen LogP contribution in [0, 0.1) is 0 Å². The first-order valence-corrected chi connectivity index (χ1v) is 12.7. The lowest BCUT2D eigenvalue weighted by Gasteiger charge is -2.47. The fourth-order valence-electron chi connectivity index (χ4n) is 5.96. The van der Waals surface area contributed by atoms with E-state index in [1.165, 1.54) is 11.1 Å². The van der Waals surface area contributed by atoms with Gasteiger partial charge in [-0.1, -0.05) is 11.6 Å². The molecule has 1 aromatic carbocycles. The Labute approximate surface area is 221 Å². The molecule has 0 atom stereocenters. The van der Waals surface area contributed by atoms with Crippen LogP contribution >= 0.6 is 11.6 Å². The molecule has 190 valence electrons. The number of benzene rings is 1. The van der Waals surface area contributed by atoms with Crippen molar-refractivity contribution in [1.29, 1.82) is 0 Å². The van der Waals surface area contributed by atoms with Gasteiger partial charge in [0.2, 0.25) is 11.8 Å². The Bertz CT molecular complexity index is 1390. The highest BCUT2D eigenvalue weighted by Gasteiger charge is 2.48. The number of amides is 2. The van der Waals surface area contributed by atoms with Crippen LogP contribution in [-0.4, -0.2) is 64.6 Å². The minimum Gasteiger partial charge on any atom is -0.491 e. The normalized spacial score (nSPS) is 29.3. The van der Waals surface area contributed by atoms with Crippen LogP contribution in [0.4, 0.5) is 11.5 Å². The number of aryl methyl sites for hydroxylation is 1.